The van der Waals surface area contributed by atoms with E-state index < -0.39 is 0 Å². The van der Waals surface area contributed by atoms with Gasteiger partial charge in [-0.05, 0) is 91.1 Å². The van der Waals surface area contributed by atoms with Gasteiger partial charge in [-0.2, -0.15) is 0 Å². The molecule has 0 heterocycles. The van der Waals surface area contributed by atoms with E-state index in [0.717, 1.165) is 51.9 Å². The first-order chi connectivity index (χ1) is 25.5. The van der Waals surface area contributed by atoms with Crippen LogP contribution in [-0.2, 0) is 9.59 Å². The van der Waals surface area contributed by atoms with Crippen LogP contribution in [-0.4, -0.2) is 75.0 Å². The van der Waals surface area contributed by atoms with Crippen LogP contribution in [0.4, 0.5) is 0 Å². The molecule has 0 aliphatic heterocycles. The number of amides is 2. The number of rotatable bonds is 39. The minimum absolute atomic E-state index is 0.124. The second kappa shape index (κ2) is 41.6. The van der Waals surface area contributed by atoms with E-state index in [1.165, 1.54) is 128 Å². The molecule has 0 rings (SSSR count). The van der Waals surface area contributed by atoms with Gasteiger partial charge < -0.3 is 20.4 Å². The van der Waals surface area contributed by atoms with Gasteiger partial charge in [0.05, 0.1) is 0 Å². The molecular formula is C46H86N4O2. The topological polar surface area (TPSA) is 64.7 Å². The monoisotopic (exact) mass is 727 g/mol. The molecule has 0 aromatic rings. The van der Waals surface area contributed by atoms with Gasteiger partial charge in [0.2, 0.25) is 11.8 Å². The van der Waals surface area contributed by atoms with Gasteiger partial charge in [-0.1, -0.05) is 140 Å². The number of hydrogen-bond donors (Lipinski definition) is 2. The highest BCUT2D eigenvalue weighted by Crippen LogP contribution is 2.09. The molecular weight excluding hydrogens is 641 g/mol. The zero-order chi connectivity index (χ0) is 38.0. The highest BCUT2D eigenvalue weighted by Gasteiger charge is 2.11. The molecule has 0 atom stereocenters. The Labute approximate surface area is 323 Å². The Morgan fingerprint density at radius 1 is 0.423 bits per heavy atom. The summed E-state index contributed by atoms with van der Waals surface area (Å²) in [7, 11) is 4.13. The van der Waals surface area contributed by atoms with Gasteiger partial charge in [-0.3, -0.25) is 9.59 Å². The number of nitrogens with zero attached hydrogens (tertiary/aromatic N) is 2. The van der Waals surface area contributed by atoms with Crippen LogP contribution in [0.3, 0.4) is 0 Å². The van der Waals surface area contributed by atoms with E-state index >= 15 is 0 Å². The molecule has 2 N–H and O–H groups in total. The van der Waals surface area contributed by atoms with E-state index in [4.69, 9.17) is 0 Å². The van der Waals surface area contributed by atoms with Crippen molar-refractivity contribution in [3.05, 3.63) is 48.6 Å². The maximum atomic E-state index is 12.5. The van der Waals surface area contributed by atoms with Crippen LogP contribution in [0.5, 0.6) is 0 Å². The molecule has 2 amide bonds. The summed E-state index contributed by atoms with van der Waals surface area (Å²) < 4.78 is 0. The molecule has 0 radical (unpaired) electrons. The van der Waals surface area contributed by atoms with Crippen molar-refractivity contribution in [1.82, 2.24) is 20.4 Å². The number of likely N-dealkylation sites (N-methyl/N-ethyl adjacent to an activating group) is 1. The summed E-state index contributed by atoms with van der Waals surface area (Å²) in [5.41, 5.74) is 0. The van der Waals surface area contributed by atoms with Crippen molar-refractivity contribution in [3.63, 3.8) is 0 Å². The molecule has 6 nitrogen and oxygen atoms in total. The highest BCUT2D eigenvalue weighted by molar-refractivity contribution is 5.76. The number of unbranched alkanes of at least 4 members (excludes halogenated alkanes) is 18. The average molecular weight is 727 g/mol. The fraction of sp³-hybridized carbons (Fsp3) is 0.783. The maximum Gasteiger partial charge on any atom is 0.221 e. The summed E-state index contributed by atoms with van der Waals surface area (Å²) >= 11 is 0. The first-order valence-electron chi connectivity index (χ1n) is 22.0. The first kappa shape index (κ1) is 49.8. The van der Waals surface area contributed by atoms with Crippen molar-refractivity contribution in [2.24, 2.45) is 0 Å². The van der Waals surface area contributed by atoms with Crippen molar-refractivity contribution in [1.29, 1.82) is 0 Å². The number of carbonyl (C=O) groups excluding carboxylic acids is 2. The van der Waals surface area contributed by atoms with Gasteiger partial charge in [0.1, 0.15) is 0 Å². The number of allylic oxidation sites excluding steroid dienone is 8. The number of hydrogen-bond acceptors (Lipinski definition) is 4. The zero-order valence-corrected chi connectivity index (χ0v) is 35.0. The summed E-state index contributed by atoms with van der Waals surface area (Å²) in [6, 6.07) is 0. The van der Waals surface area contributed by atoms with Crippen LogP contribution >= 0.6 is 0 Å². The van der Waals surface area contributed by atoms with Crippen molar-refractivity contribution in [2.45, 2.75) is 181 Å². The lowest BCUT2D eigenvalue weighted by atomic mass is 10.1. The Kier molecular flexibility index (Phi) is 39.8. The quantitative estimate of drug-likeness (QED) is 0.0489. The zero-order valence-electron chi connectivity index (χ0n) is 35.0. The predicted octanol–water partition coefficient (Wildman–Crippen LogP) is 11.5. The second-order valence-corrected chi connectivity index (χ2v) is 15.0. The highest BCUT2D eigenvalue weighted by atomic mass is 16.2. The largest absolute Gasteiger partial charge is 0.356 e. The van der Waals surface area contributed by atoms with Gasteiger partial charge >= 0.3 is 0 Å². The summed E-state index contributed by atoms with van der Waals surface area (Å²) in [6.45, 7) is 9.22. The molecule has 0 unspecified atom stereocenters. The molecule has 0 bridgehead atoms. The molecule has 0 aromatic carbocycles. The molecule has 0 aliphatic rings. The minimum Gasteiger partial charge on any atom is -0.356 e. The summed E-state index contributed by atoms with van der Waals surface area (Å²) in [4.78, 5) is 29.5. The Morgan fingerprint density at radius 3 is 1.13 bits per heavy atom. The fourth-order valence-electron chi connectivity index (χ4n) is 6.05. The first-order valence-corrected chi connectivity index (χ1v) is 22.0. The third-order valence-electron chi connectivity index (χ3n) is 9.57. The van der Waals surface area contributed by atoms with Gasteiger partial charge in [-0.15, -0.1) is 0 Å². The molecule has 302 valence electrons. The Bertz CT molecular complexity index is 829. The van der Waals surface area contributed by atoms with Gasteiger partial charge in [0.15, 0.2) is 0 Å². The lowest BCUT2D eigenvalue weighted by molar-refractivity contribution is -0.121. The van der Waals surface area contributed by atoms with Crippen molar-refractivity contribution < 1.29 is 9.59 Å². The molecule has 0 aromatic heterocycles. The van der Waals surface area contributed by atoms with Crippen molar-refractivity contribution >= 4 is 11.8 Å². The standard InChI is InChI=1S/C46H86N4O2/c1-5-7-9-11-13-15-17-19-21-23-25-27-29-31-33-35-39-47-45(51)37-41-50(44-43-49(3)4)42-38-46(52)48-40-36-34-32-30-28-26-24-22-20-18-16-14-12-10-8-6-2/h13-16,19-22H,5-12,17-18,23-44H2,1-4H3,(H,47,51)(H,48,52)/b15-13-,16-14-,21-19-,22-20-. The molecule has 52 heavy (non-hydrogen) atoms. The van der Waals surface area contributed by atoms with Gasteiger partial charge in [0, 0.05) is 52.1 Å². The SMILES string of the molecule is CCCCC/C=C\C/C=C\CCCCCCCCNC(=O)CCN(CCC(=O)NCCCCCCCC/C=C\C/C=C\CCCCC)CCN(C)C. The molecule has 0 spiro atoms. The number of nitrogens with one attached hydrogen (secondary N) is 2. The van der Waals surface area contributed by atoms with Crippen LogP contribution in [0.2, 0.25) is 0 Å². The third-order valence-corrected chi connectivity index (χ3v) is 9.57. The lowest BCUT2D eigenvalue weighted by Crippen LogP contribution is -2.38. The molecule has 0 aliphatic carbocycles. The molecule has 0 fully saturated rings. The molecule has 0 saturated carbocycles. The average Bonchev–Trinajstić information content (AvgIpc) is 3.13. The minimum atomic E-state index is 0.124. The molecule has 0 saturated heterocycles. The van der Waals surface area contributed by atoms with Crippen LogP contribution < -0.4 is 10.6 Å². The van der Waals surface area contributed by atoms with Crippen molar-refractivity contribution in [3.8, 4) is 0 Å². The third kappa shape index (κ3) is 40.6. The lowest BCUT2D eigenvalue weighted by Gasteiger charge is -2.23. The Morgan fingerprint density at radius 2 is 0.769 bits per heavy atom. The predicted molar refractivity (Wildman–Crippen MR) is 229 cm³/mol. The smallest absolute Gasteiger partial charge is 0.221 e. The van der Waals surface area contributed by atoms with Crippen LogP contribution in [0.1, 0.15) is 181 Å². The number of carbonyl (C=O) groups is 2. The van der Waals surface area contributed by atoms with Gasteiger partial charge in [0.25, 0.3) is 0 Å². The maximum absolute atomic E-state index is 12.5. The summed E-state index contributed by atoms with van der Waals surface area (Å²) in [5, 5.41) is 6.23. The van der Waals surface area contributed by atoms with E-state index in [9.17, 15) is 9.59 Å². The van der Waals surface area contributed by atoms with Crippen LogP contribution in [0, 0.1) is 0 Å². The van der Waals surface area contributed by atoms with Crippen molar-refractivity contribution in [2.75, 3.05) is 53.4 Å². The van der Waals surface area contributed by atoms with E-state index in [1.807, 2.05) is 0 Å². The van der Waals surface area contributed by atoms with E-state index in [1.54, 1.807) is 0 Å². The summed E-state index contributed by atoms with van der Waals surface area (Å²) in [5.74, 6) is 0.249. The fourth-order valence-corrected chi connectivity index (χ4v) is 6.05. The second-order valence-electron chi connectivity index (χ2n) is 15.0. The van der Waals surface area contributed by atoms with E-state index in [0.29, 0.717) is 25.9 Å². The van der Waals surface area contributed by atoms with E-state index in [-0.39, 0.29) is 11.8 Å². The Balaban J connectivity index is 3.83. The summed E-state index contributed by atoms with van der Waals surface area (Å²) in [6.07, 6.45) is 49.0. The normalized spacial score (nSPS) is 12.2. The van der Waals surface area contributed by atoms with Gasteiger partial charge in [-0.25, -0.2) is 0 Å². The van der Waals surface area contributed by atoms with Crippen LogP contribution in [0.25, 0.3) is 0 Å². The molecule has 6 heteroatoms. The van der Waals surface area contributed by atoms with E-state index in [2.05, 4.69) is 97.0 Å². The van der Waals surface area contributed by atoms with Crippen LogP contribution in [0.15, 0.2) is 48.6 Å². The Hall–Kier alpha value is -2.18.